The summed E-state index contributed by atoms with van der Waals surface area (Å²) in [7, 11) is 0. The summed E-state index contributed by atoms with van der Waals surface area (Å²) in [5.74, 6) is 0.677. The van der Waals surface area contributed by atoms with E-state index in [1.165, 1.54) is 16.9 Å². The van der Waals surface area contributed by atoms with Gasteiger partial charge in [-0.05, 0) is 62.3 Å². The van der Waals surface area contributed by atoms with E-state index < -0.39 is 0 Å². The second-order valence-corrected chi connectivity index (χ2v) is 8.04. The van der Waals surface area contributed by atoms with Crippen LogP contribution in [0.2, 0.25) is 0 Å². The van der Waals surface area contributed by atoms with E-state index in [2.05, 4.69) is 13.0 Å². The van der Waals surface area contributed by atoms with Crippen LogP contribution < -0.4 is 4.74 Å². The molecular formula is C22H27NO4S. The monoisotopic (exact) mass is 401 g/mol. The van der Waals surface area contributed by atoms with Gasteiger partial charge in [-0.25, -0.2) is 0 Å². The fourth-order valence-corrected chi connectivity index (χ4v) is 4.20. The molecule has 2 aromatic rings. The second kappa shape index (κ2) is 9.24. The van der Waals surface area contributed by atoms with Gasteiger partial charge in [0.25, 0.3) is 5.91 Å². The average molecular weight is 402 g/mol. The third-order valence-electron chi connectivity index (χ3n) is 5.22. The Balaban J connectivity index is 1.54. The van der Waals surface area contributed by atoms with Gasteiger partial charge in [-0.3, -0.25) is 9.59 Å². The Kier molecular flexibility index (Phi) is 6.73. The Morgan fingerprint density at radius 3 is 2.68 bits per heavy atom. The zero-order chi connectivity index (χ0) is 20.1. The zero-order valence-electron chi connectivity index (χ0n) is 16.7. The lowest BCUT2D eigenvalue weighted by atomic mass is 9.97. The van der Waals surface area contributed by atoms with E-state index in [-0.39, 0.29) is 17.8 Å². The number of thiophene rings is 1. The number of carbonyl (C=O) groups excluding carboxylic acids is 2. The van der Waals surface area contributed by atoms with Crippen molar-refractivity contribution in [1.29, 1.82) is 0 Å². The third-order valence-corrected chi connectivity index (χ3v) is 6.18. The highest BCUT2D eigenvalue weighted by molar-refractivity contribution is 7.12. The number of likely N-dealkylation sites (tertiary alicyclic amines) is 1. The second-order valence-electron chi connectivity index (χ2n) is 7.12. The van der Waals surface area contributed by atoms with Crippen LogP contribution in [-0.2, 0) is 16.1 Å². The Bertz CT molecular complexity index is 837. The molecule has 2 heterocycles. The average Bonchev–Trinajstić information content (AvgIpc) is 3.18. The molecule has 5 nitrogen and oxygen atoms in total. The summed E-state index contributed by atoms with van der Waals surface area (Å²) in [5.41, 5.74) is 3.33. The number of carbonyl (C=O) groups is 2. The molecule has 28 heavy (non-hydrogen) atoms. The molecule has 1 amide bonds. The lowest BCUT2D eigenvalue weighted by molar-refractivity contribution is -0.149. The molecule has 3 rings (SSSR count). The first-order valence-corrected chi connectivity index (χ1v) is 10.6. The van der Waals surface area contributed by atoms with Crippen molar-refractivity contribution in [1.82, 2.24) is 4.90 Å². The molecule has 1 aliphatic heterocycles. The summed E-state index contributed by atoms with van der Waals surface area (Å²) < 4.78 is 11.0. The summed E-state index contributed by atoms with van der Waals surface area (Å²) in [6, 6.07) is 7.93. The van der Waals surface area contributed by atoms with E-state index in [0.29, 0.717) is 44.0 Å². The van der Waals surface area contributed by atoms with Crippen LogP contribution in [0.4, 0.5) is 0 Å². The largest absolute Gasteiger partial charge is 0.489 e. The van der Waals surface area contributed by atoms with Crippen molar-refractivity contribution in [2.75, 3.05) is 19.7 Å². The van der Waals surface area contributed by atoms with Crippen LogP contribution in [-0.4, -0.2) is 36.5 Å². The number of benzene rings is 1. The van der Waals surface area contributed by atoms with E-state index in [1.807, 2.05) is 42.3 Å². The summed E-state index contributed by atoms with van der Waals surface area (Å²) >= 11 is 1.45. The highest BCUT2D eigenvalue weighted by Crippen LogP contribution is 2.25. The third kappa shape index (κ3) is 4.73. The number of rotatable bonds is 6. The van der Waals surface area contributed by atoms with Crippen LogP contribution in [0.25, 0.3) is 0 Å². The van der Waals surface area contributed by atoms with Crippen molar-refractivity contribution < 1.29 is 19.1 Å². The van der Waals surface area contributed by atoms with Crippen LogP contribution in [0.3, 0.4) is 0 Å². The van der Waals surface area contributed by atoms with Gasteiger partial charge < -0.3 is 14.4 Å². The van der Waals surface area contributed by atoms with Gasteiger partial charge >= 0.3 is 5.97 Å². The number of esters is 1. The first-order valence-electron chi connectivity index (χ1n) is 9.72. The van der Waals surface area contributed by atoms with Crippen molar-refractivity contribution in [2.45, 2.75) is 40.2 Å². The molecule has 6 heteroatoms. The van der Waals surface area contributed by atoms with Crippen LogP contribution in [0.15, 0.2) is 29.6 Å². The predicted octanol–water partition coefficient (Wildman–Crippen LogP) is 4.36. The van der Waals surface area contributed by atoms with Crippen LogP contribution in [0.1, 0.15) is 46.1 Å². The molecule has 1 aromatic carbocycles. The number of nitrogens with zero attached hydrogens (tertiary/aromatic N) is 1. The molecule has 150 valence electrons. The van der Waals surface area contributed by atoms with Gasteiger partial charge in [0.15, 0.2) is 0 Å². The maximum absolute atomic E-state index is 12.8. The first-order chi connectivity index (χ1) is 13.5. The summed E-state index contributed by atoms with van der Waals surface area (Å²) in [6.45, 7) is 7.96. The lowest BCUT2D eigenvalue weighted by Crippen LogP contribution is -2.40. The number of piperidine rings is 1. The fraction of sp³-hybridized carbons (Fsp3) is 0.455. The van der Waals surface area contributed by atoms with Crippen molar-refractivity contribution in [3.8, 4) is 5.75 Å². The van der Waals surface area contributed by atoms with Gasteiger partial charge in [0, 0.05) is 18.7 Å². The Hall–Kier alpha value is -2.34. The van der Waals surface area contributed by atoms with Crippen molar-refractivity contribution in [2.24, 2.45) is 5.92 Å². The van der Waals surface area contributed by atoms with Crippen molar-refractivity contribution >= 4 is 23.2 Å². The number of amides is 1. The van der Waals surface area contributed by atoms with Crippen LogP contribution >= 0.6 is 11.3 Å². The Morgan fingerprint density at radius 1 is 1.21 bits per heavy atom. The van der Waals surface area contributed by atoms with Gasteiger partial charge in [0.1, 0.15) is 12.4 Å². The Morgan fingerprint density at radius 2 is 1.96 bits per heavy atom. The molecular weight excluding hydrogens is 374 g/mol. The van der Waals surface area contributed by atoms with E-state index in [1.54, 1.807) is 0 Å². The topological polar surface area (TPSA) is 55.8 Å². The van der Waals surface area contributed by atoms with Crippen LogP contribution in [0, 0.1) is 19.8 Å². The maximum Gasteiger partial charge on any atom is 0.309 e. The first kappa shape index (κ1) is 20.4. The van der Waals surface area contributed by atoms with Gasteiger partial charge in [-0.1, -0.05) is 12.1 Å². The minimum absolute atomic E-state index is 0.0327. The molecule has 1 fully saturated rings. The smallest absolute Gasteiger partial charge is 0.309 e. The van der Waals surface area contributed by atoms with E-state index in [0.717, 1.165) is 16.9 Å². The van der Waals surface area contributed by atoms with E-state index in [9.17, 15) is 9.59 Å². The summed E-state index contributed by atoms with van der Waals surface area (Å²) in [4.78, 5) is 27.2. The molecule has 1 aromatic heterocycles. The number of aryl methyl sites for hydroxylation is 1. The summed E-state index contributed by atoms with van der Waals surface area (Å²) in [5, 5.41) is 1.98. The molecule has 0 saturated carbocycles. The molecule has 0 spiro atoms. The standard InChI is InChI=1S/C22H27NO4S/c1-4-26-22(25)18-8-10-23(11-9-18)21(24)20-12-17(14-28-20)13-27-19-7-5-6-15(2)16(19)3/h5-7,12,14,18H,4,8-11,13H2,1-3H3. The predicted molar refractivity (Wildman–Crippen MR) is 110 cm³/mol. The molecule has 0 N–H and O–H groups in total. The molecule has 0 atom stereocenters. The normalized spacial score (nSPS) is 14.8. The highest BCUT2D eigenvalue weighted by atomic mass is 32.1. The molecule has 0 aliphatic carbocycles. The van der Waals surface area contributed by atoms with Crippen molar-refractivity contribution in [3.05, 3.63) is 51.2 Å². The van der Waals surface area contributed by atoms with Crippen LogP contribution in [0.5, 0.6) is 5.75 Å². The molecule has 0 radical (unpaired) electrons. The highest BCUT2D eigenvalue weighted by Gasteiger charge is 2.29. The van der Waals surface area contributed by atoms with Gasteiger partial charge in [0.05, 0.1) is 17.4 Å². The van der Waals surface area contributed by atoms with Gasteiger partial charge in [-0.15, -0.1) is 11.3 Å². The number of ether oxygens (including phenoxy) is 2. The summed E-state index contributed by atoms with van der Waals surface area (Å²) in [6.07, 6.45) is 1.33. The SMILES string of the molecule is CCOC(=O)C1CCN(C(=O)c2cc(COc3cccc(C)c3C)cs2)CC1. The van der Waals surface area contributed by atoms with Crippen molar-refractivity contribution in [3.63, 3.8) is 0 Å². The molecule has 0 bridgehead atoms. The van der Waals surface area contributed by atoms with Gasteiger partial charge in [-0.2, -0.15) is 0 Å². The Labute approximate surface area is 170 Å². The molecule has 1 saturated heterocycles. The van der Waals surface area contributed by atoms with E-state index >= 15 is 0 Å². The zero-order valence-corrected chi connectivity index (χ0v) is 17.5. The fourth-order valence-electron chi connectivity index (χ4n) is 3.34. The maximum atomic E-state index is 12.8. The lowest BCUT2D eigenvalue weighted by Gasteiger charge is -2.30. The number of hydrogen-bond acceptors (Lipinski definition) is 5. The minimum atomic E-state index is -0.142. The quantitative estimate of drug-likeness (QED) is 0.675. The van der Waals surface area contributed by atoms with Gasteiger partial charge in [0.2, 0.25) is 0 Å². The molecule has 1 aliphatic rings. The molecule has 0 unspecified atom stereocenters. The van der Waals surface area contributed by atoms with E-state index in [4.69, 9.17) is 9.47 Å². The minimum Gasteiger partial charge on any atom is -0.489 e. The number of hydrogen-bond donors (Lipinski definition) is 0.